The van der Waals surface area contributed by atoms with Crippen molar-refractivity contribution in [3.8, 4) is 147 Å². The van der Waals surface area contributed by atoms with Gasteiger partial charge in [-0.25, -0.2) is 0 Å². The van der Waals surface area contributed by atoms with Crippen LogP contribution in [-0.2, 0) is 0 Å². The zero-order valence-corrected chi connectivity index (χ0v) is 80.7. The lowest BCUT2D eigenvalue weighted by Gasteiger charge is -2.08. The van der Waals surface area contributed by atoms with Crippen LogP contribution < -0.4 is 0 Å². The molecule has 30 rings (SSSR count). The first-order valence-electron chi connectivity index (χ1n) is 49.9. The zero-order valence-electron chi connectivity index (χ0n) is 80.7. The Bertz CT molecular complexity index is 10000. The zero-order chi connectivity index (χ0) is 99.3. The molecule has 0 fully saturated rings. The van der Waals surface area contributed by atoms with Gasteiger partial charge in [-0.2, -0.15) is 19.9 Å². The SMILES string of the molecule is c1ccc(-c2ccc(-c3noc(-c4ccc(-n5c6ccccc6c6ccccc65)cc4)n3)cc2)cc1.c1ccc2c(-c3ccc(-c4noc(-c5ccc(-n6c7ccccc7c7ccccc76)cc5)n4)cc3)cccc2c1.c1ccc2c(-c3noc(-c4ccc(-n5c6ccccc6c6ccccc65)cc4)n3)cccc2c1.c1ccc2cc(-c3ccc(-c4noc(-c5ccc(-n6c7ccccc7c7ccccc76)cc5)n4)cc3)ccc2c1. The maximum absolute atomic E-state index is 5.68. The summed E-state index contributed by atoms with van der Waals surface area (Å²) in [5, 5.41) is 34.2. The predicted molar refractivity (Wildman–Crippen MR) is 607 cm³/mol. The number of benzene rings is 22. The summed E-state index contributed by atoms with van der Waals surface area (Å²) in [5.41, 5.74) is 28.2. The highest BCUT2D eigenvalue weighted by atomic mass is 16.5. The Morgan fingerprint density at radius 2 is 0.353 bits per heavy atom. The summed E-state index contributed by atoms with van der Waals surface area (Å²) < 4.78 is 31.8. The molecule has 0 aliphatic rings. The van der Waals surface area contributed by atoms with Gasteiger partial charge in [0.25, 0.3) is 23.6 Å². The van der Waals surface area contributed by atoms with Crippen molar-refractivity contribution < 1.29 is 18.1 Å². The number of nitrogens with zero attached hydrogens (tertiary/aromatic N) is 12. The van der Waals surface area contributed by atoms with Crippen molar-refractivity contribution in [3.05, 3.63) is 522 Å². The van der Waals surface area contributed by atoms with E-state index in [0.29, 0.717) is 46.9 Å². The second-order valence-corrected chi connectivity index (χ2v) is 37.1. The van der Waals surface area contributed by atoms with Crippen LogP contribution in [0.5, 0.6) is 0 Å². The molecule has 0 unspecified atom stereocenters. The second kappa shape index (κ2) is 38.2. The molecular weight excluding hydrogens is 1840 g/mol. The number of rotatable bonds is 15. The Hall–Kier alpha value is -20.6. The van der Waals surface area contributed by atoms with E-state index in [4.69, 9.17) is 33.0 Å². The van der Waals surface area contributed by atoms with Crippen LogP contribution in [0.15, 0.2) is 540 Å². The molecule has 8 heterocycles. The Balaban J connectivity index is 0.0000000985. The summed E-state index contributed by atoms with van der Waals surface area (Å²) in [6.07, 6.45) is 0. The van der Waals surface area contributed by atoms with Crippen molar-refractivity contribution in [1.82, 2.24) is 58.8 Å². The first kappa shape index (κ1) is 88.3. The van der Waals surface area contributed by atoms with E-state index in [9.17, 15) is 0 Å². The van der Waals surface area contributed by atoms with Crippen molar-refractivity contribution in [2.75, 3.05) is 0 Å². The lowest BCUT2D eigenvalue weighted by molar-refractivity contribution is 0.432. The van der Waals surface area contributed by atoms with Crippen LogP contribution in [0.25, 0.3) is 267 Å². The van der Waals surface area contributed by atoms with Gasteiger partial charge in [0.15, 0.2) is 0 Å². The van der Waals surface area contributed by atoms with Gasteiger partial charge < -0.3 is 36.4 Å². The molecule has 0 aliphatic heterocycles. The Morgan fingerprint density at radius 3 is 0.687 bits per heavy atom. The smallest absolute Gasteiger partial charge is 0.258 e. The molecule has 16 nitrogen and oxygen atoms in total. The number of hydrogen-bond acceptors (Lipinski definition) is 12. The van der Waals surface area contributed by atoms with Crippen LogP contribution in [0.3, 0.4) is 0 Å². The standard InChI is InChI=1S/2C36H23N3O.C32H21N3O.C30H19N3O/c1-2-10-29-24(8-1)9-7-13-30(29)25-16-18-26(19-17-25)35-37-36(40-38-35)27-20-22-28(23-21-27)39-33-14-5-3-11-31(33)32-12-4-6-15-34(32)39;1-2-8-28-23-29(18-15-24(28)7-1)25-13-16-26(17-14-25)35-37-36(40-38-35)27-19-21-30(22-20-27)39-33-11-5-3-9-31(33)32-10-4-6-12-34(32)39;1-2-8-22(9-3-1)23-14-16-24(17-15-23)31-33-32(36-34-31)25-18-20-26(21-19-25)35-29-12-6-4-10-27(29)28-11-5-7-13-30(28)35;1-2-10-23-20(8-1)9-7-13-26(23)29-31-30(34-32-29)21-16-18-22(19-17-21)33-27-14-5-3-11-24(27)25-12-4-6-15-28(25)33/h2*1-23H;1-21H;1-19H. The van der Waals surface area contributed by atoms with Gasteiger partial charge in [0, 0.05) is 110 Å². The van der Waals surface area contributed by atoms with Gasteiger partial charge in [-0.15, -0.1) is 0 Å². The number of fused-ring (bicyclic) bond motifs is 15. The highest BCUT2D eigenvalue weighted by molar-refractivity contribution is 6.13. The van der Waals surface area contributed by atoms with E-state index in [0.717, 1.165) is 94.7 Å². The largest absolute Gasteiger partial charge is 0.334 e. The summed E-state index contributed by atoms with van der Waals surface area (Å²) >= 11 is 0. The van der Waals surface area contributed by atoms with E-state index in [-0.39, 0.29) is 0 Å². The molecule has 30 aromatic rings. The van der Waals surface area contributed by atoms with E-state index in [1.54, 1.807) is 0 Å². The number of para-hydroxylation sites is 8. The molecule has 0 saturated carbocycles. The minimum absolute atomic E-state index is 0.502. The summed E-state index contributed by atoms with van der Waals surface area (Å²) in [4.78, 5) is 18.8. The van der Waals surface area contributed by atoms with Gasteiger partial charge >= 0.3 is 0 Å². The fraction of sp³-hybridized carbons (Fsp3) is 0. The lowest BCUT2D eigenvalue weighted by atomic mass is 9.97. The molecule has 8 aromatic heterocycles. The molecule has 0 saturated heterocycles. The van der Waals surface area contributed by atoms with E-state index in [2.05, 4.69) is 450 Å². The minimum Gasteiger partial charge on any atom is -0.334 e. The summed E-state index contributed by atoms with van der Waals surface area (Å²) in [7, 11) is 0. The topological polar surface area (TPSA) is 175 Å². The summed E-state index contributed by atoms with van der Waals surface area (Å²) in [6, 6.07) is 181. The second-order valence-electron chi connectivity index (χ2n) is 37.1. The predicted octanol–water partition coefficient (Wildman–Crippen LogP) is 34.5. The molecule has 0 bridgehead atoms. The fourth-order valence-corrected chi connectivity index (χ4v) is 21.0. The van der Waals surface area contributed by atoms with Crippen LogP contribution in [0.4, 0.5) is 0 Å². The molecular formula is C134H86N12O4. The van der Waals surface area contributed by atoms with Gasteiger partial charge in [0.05, 0.1) is 44.1 Å². The third kappa shape index (κ3) is 16.5. The fourth-order valence-electron chi connectivity index (χ4n) is 21.0. The Labute approximate surface area is 859 Å². The van der Waals surface area contributed by atoms with Crippen LogP contribution in [0, 0.1) is 0 Å². The third-order valence-electron chi connectivity index (χ3n) is 28.3. The molecule has 706 valence electrons. The van der Waals surface area contributed by atoms with Gasteiger partial charge in [0.1, 0.15) is 0 Å². The van der Waals surface area contributed by atoms with Crippen LogP contribution in [-0.4, -0.2) is 58.8 Å². The third-order valence-corrected chi connectivity index (χ3v) is 28.3. The first-order valence-corrected chi connectivity index (χ1v) is 49.9. The number of hydrogen-bond donors (Lipinski definition) is 0. The van der Waals surface area contributed by atoms with Crippen LogP contribution >= 0.6 is 0 Å². The maximum Gasteiger partial charge on any atom is 0.258 e. The maximum atomic E-state index is 5.68. The Morgan fingerprint density at radius 1 is 0.133 bits per heavy atom. The first-order chi connectivity index (χ1) is 74.4. The number of aromatic nitrogens is 12. The van der Waals surface area contributed by atoms with Crippen LogP contribution in [0.1, 0.15) is 0 Å². The molecule has 0 N–H and O–H groups in total. The quantitative estimate of drug-likeness (QED) is 0.0951. The highest BCUT2D eigenvalue weighted by Gasteiger charge is 2.23. The van der Waals surface area contributed by atoms with Crippen molar-refractivity contribution in [3.63, 3.8) is 0 Å². The molecule has 16 heteroatoms. The average molecular weight is 1930 g/mol. The minimum atomic E-state index is 0.502. The van der Waals surface area contributed by atoms with E-state index >= 15 is 0 Å². The van der Waals surface area contributed by atoms with Crippen molar-refractivity contribution in [2.24, 2.45) is 0 Å². The van der Waals surface area contributed by atoms with Gasteiger partial charge in [0.2, 0.25) is 23.3 Å². The summed E-state index contributed by atoms with van der Waals surface area (Å²) in [6.45, 7) is 0. The van der Waals surface area contributed by atoms with Crippen molar-refractivity contribution in [1.29, 1.82) is 0 Å². The Kier molecular flexibility index (Phi) is 22.5. The average Bonchev–Trinajstić information content (AvgIpc) is 1.61. The molecule has 0 radical (unpaired) electrons. The highest BCUT2D eigenvalue weighted by Crippen LogP contribution is 2.42. The molecule has 0 amide bonds. The van der Waals surface area contributed by atoms with Crippen LogP contribution in [0.2, 0.25) is 0 Å². The van der Waals surface area contributed by atoms with E-state index < -0.39 is 0 Å². The molecule has 150 heavy (non-hydrogen) atoms. The molecule has 0 atom stereocenters. The normalized spacial score (nSPS) is 11.5. The van der Waals surface area contributed by atoms with Gasteiger partial charge in [-0.3, -0.25) is 0 Å². The van der Waals surface area contributed by atoms with Crippen molar-refractivity contribution in [2.45, 2.75) is 0 Å². The van der Waals surface area contributed by atoms with Gasteiger partial charge in [-0.05, 0) is 217 Å². The molecule has 0 spiro atoms. The molecule has 0 aliphatic carbocycles. The van der Waals surface area contributed by atoms with E-state index in [1.165, 1.54) is 125 Å². The summed E-state index contributed by atoms with van der Waals surface area (Å²) in [5.74, 6) is 4.35. The molecule has 22 aromatic carbocycles. The van der Waals surface area contributed by atoms with E-state index in [1.807, 2.05) is 115 Å². The monoisotopic (exact) mass is 1930 g/mol. The van der Waals surface area contributed by atoms with Gasteiger partial charge in [-0.1, -0.05) is 391 Å². The van der Waals surface area contributed by atoms with Crippen molar-refractivity contribution >= 4 is 120 Å². The lowest BCUT2D eigenvalue weighted by Crippen LogP contribution is -1.93.